The van der Waals surface area contributed by atoms with Gasteiger partial charge in [-0.25, -0.2) is 4.79 Å². The molecular weight excluding hydrogens is 214 g/mol. The van der Waals surface area contributed by atoms with Crippen molar-refractivity contribution < 1.29 is 9.63 Å². The number of hydrogen-bond acceptors (Lipinski definition) is 3. The number of carbonyl (C=O) groups is 1. The first-order valence-electron chi connectivity index (χ1n) is 5.79. The van der Waals surface area contributed by atoms with Crippen molar-refractivity contribution in [1.29, 1.82) is 0 Å². The Morgan fingerprint density at radius 3 is 2.59 bits per heavy atom. The third kappa shape index (κ3) is 2.38. The number of nitrogens with zero attached hydrogens (tertiary/aromatic N) is 1. The van der Waals surface area contributed by atoms with Gasteiger partial charge in [-0.2, -0.15) is 0 Å². The molecule has 1 aliphatic rings. The molecule has 0 unspecified atom stereocenters. The topological polar surface area (TPSA) is 38.7 Å². The van der Waals surface area contributed by atoms with E-state index in [1.54, 1.807) is 6.21 Å². The van der Waals surface area contributed by atoms with E-state index in [0.717, 1.165) is 0 Å². The van der Waals surface area contributed by atoms with Crippen molar-refractivity contribution in [3.05, 3.63) is 35.9 Å². The van der Waals surface area contributed by atoms with Gasteiger partial charge in [0.05, 0.1) is 0 Å². The average molecular weight is 231 g/mol. The first-order chi connectivity index (χ1) is 8.03. The summed E-state index contributed by atoms with van der Waals surface area (Å²) >= 11 is 0. The van der Waals surface area contributed by atoms with Gasteiger partial charge in [-0.15, -0.1) is 0 Å². The fraction of sp³-hybridized carbons (Fsp3) is 0.429. The van der Waals surface area contributed by atoms with Crippen molar-refractivity contribution in [3.63, 3.8) is 0 Å². The summed E-state index contributed by atoms with van der Waals surface area (Å²) in [5.74, 6) is 0.420. The van der Waals surface area contributed by atoms with Crippen molar-refractivity contribution in [2.24, 2.45) is 16.5 Å². The molecule has 17 heavy (non-hydrogen) atoms. The van der Waals surface area contributed by atoms with Crippen LogP contribution in [0.1, 0.15) is 32.3 Å². The largest absolute Gasteiger partial charge is 0.331 e. The van der Waals surface area contributed by atoms with E-state index in [0.29, 0.717) is 11.8 Å². The Hall–Kier alpha value is -1.64. The van der Waals surface area contributed by atoms with Gasteiger partial charge < -0.3 is 4.84 Å². The van der Waals surface area contributed by atoms with E-state index in [1.165, 1.54) is 12.5 Å². The summed E-state index contributed by atoms with van der Waals surface area (Å²) in [4.78, 5) is 15.2. The summed E-state index contributed by atoms with van der Waals surface area (Å²) in [5.41, 5.74) is 1.50. The first kappa shape index (κ1) is 11.8. The van der Waals surface area contributed by atoms with Gasteiger partial charge in [-0.3, -0.25) is 0 Å². The Bertz CT molecular complexity index is 437. The fourth-order valence-corrected chi connectivity index (χ4v) is 2.42. The highest BCUT2D eigenvalue weighted by Crippen LogP contribution is 2.63. The van der Waals surface area contributed by atoms with E-state index in [4.69, 9.17) is 0 Å². The van der Waals surface area contributed by atoms with Crippen LogP contribution in [0, 0.1) is 11.3 Å². The van der Waals surface area contributed by atoms with Gasteiger partial charge in [-0.1, -0.05) is 49.3 Å². The molecule has 0 aliphatic heterocycles. The van der Waals surface area contributed by atoms with E-state index >= 15 is 0 Å². The minimum absolute atomic E-state index is 0.186. The lowest BCUT2D eigenvalue weighted by atomic mass is 10.0. The Morgan fingerprint density at radius 2 is 2.00 bits per heavy atom. The second-order valence-corrected chi connectivity index (χ2v) is 5.07. The molecule has 0 aromatic heterocycles. The Balaban J connectivity index is 2.06. The zero-order valence-electron chi connectivity index (χ0n) is 10.4. The number of carbonyl (C=O) groups excluding carboxylic acids is 1. The predicted octanol–water partition coefficient (Wildman–Crippen LogP) is 2.98. The normalized spacial score (nSPS) is 25.8. The summed E-state index contributed by atoms with van der Waals surface area (Å²) in [6.07, 6.45) is 1.75. The van der Waals surface area contributed by atoms with Crippen LogP contribution in [0.5, 0.6) is 0 Å². The van der Waals surface area contributed by atoms with Crippen LogP contribution in [0.15, 0.2) is 35.5 Å². The summed E-state index contributed by atoms with van der Waals surface area (Å²) in [6, 6.07) is 10.4. The van der Waals surface area contributed by atoms with Crippen molar-refractivity contribution >= 4 is 12.2 Å². The highest BCUT2D eigenvalue weighted by Gasteiger charge is 2.57. The molecule has 1 fully saturated rings. The van der Waals surface area contributed by atoms with Gasteiger partial charge in [0.25, 0.3) is 0 Å². The molecule has 90 valence electrons. The second kappa shape index (κ2) is 4.32. The molecule has 0 amide bonds. The summed E-state index contributed by atoms with van der Waals surface area (Å²) in [7, 11) is 0. The van der Waals surface area contributed by atoms with Gasteiger partial charge in [0.1, 0.15) is 0 Å². The fourth-order valence-electron chi connectivity index (χ4n) is 2.42. The third-order valence-electron chi connectivity index (χ3n) is 3.47. The maximum atomic E-state index is 10.6. The second-order valence-electron chi connectivity index (χ2n) is 5.07. The highest BCUT2D eigenvalue weighted by atomic mass is 16.7. The van der Waals surface area contributed by atoms with Crippen LogP contribution in [0.25, 0.3) is 0 Å². The van der Waals surface area contributed by atoms with E-state index in [-0.39, 0.29) is 11.4 Å². The minimum Gasteiger partial charge on any atom is -0.319 e. The van der Waals surface area contributed by atoms with Crippen LogP contribution in [-0.4, -0.2) is 12.2 Å². The maximum absolute atomic E-state index is 10.6. The van der Waals surface area contributed by atoms with Crippen molar-refractivity contribution in [2.45, 2.75) is 26.7 Å². The summed E-state index contributed by atoms with van der Waals surface area (Å²) in [5, 5.41) is 3.73. The predicted molar refractivity (Wildman–Crippen MR) is 66.7 cm³/mol. The Morgan fingerprint density at radius 1 is 1.35 bits per heavy atom. The molecule has 3 heteroatoms. The Kier molecular flexibility index (Phi) is 3.01. The first-order valence-corrected chi connectivity index (χ1v) is 5.79. The van der Waals surface area contributed by atoms with Crippen LogP contribution in [0.2, 0.25) is 0 Å². The molecule has 0 heterocycles. The van der Waals surface area contributed by atoms with E-state index < -0.39 is 0 Å². The molecule has 0 radical (unpaired) electrons. The van der Waals surface area contributed by atoms with Gasteiger partial charge in [0, 0.05) is 19.1 Å². The average Bonchev–Trinajstić information content (AvgIpc) is 2.81. The third-order valence-corrected chi connectivity index (χ3v) is 3.47. The van der Waals surface area contributed by atoms with Crippen molar-refractivity contribution in [1.82, 2.24) is 0 Å². The summed E-state index contributed by atoms with van der Waals surface area (Å²) in [6.45, 7) is 5.76. The zero-order chi connectivity index (χ0) is 12.5. The number of rotatable bonds is 3. The van der Waals surface area contributed by atoms with Gasteiger partial charge in [0.15, 0.2) is 0 Å². The molecule has 0 N–H and O–H groups in total. The lowest BCUT2D eigenvalue weighted by molar-refractivity contribution is -0.140. The van der Waals surface area contributed by atoms with Gasteiger partial charge in [-0.05, 0) is 16.9 Å². The van der Waals surface area contributed by atoms with E-state index in [2.05, 4.69) is 36.0 Å². The summed E-state index contributed by atoms with van der Waals surface area (Å²) < 4.78 is 0. The lowest BCUT2D eigenvalue weighted by Crippen LogP contribution is -1.94. The van der Waals surface area contributed by atoms with Crippen LogP contribution >= 0.6 is 0 Å². The number of benzene rings is 1. The molecule has 0 bridgehead atoms. The lowest BCUT2D eigenvalue weighted by Gasteiger charge is -2.01. The molecular formula is C14H17NO2. The van der Waals surface area contributed by atoms with Crippen LogP contribution < -0.4 is 0 Å². The number of hydrogen-bond donors (Lipinski definition) is 0. The number of oxime groups is 1. The van der Waals surface area contributed by atoms with Crippen LogP contribution in [-0.2, 0) is 9.63 Å². The van der Waals surface area contributed by atoms with E-state index in [9.17, 15) is 4.79 Å². The van der Waals surface area contributed by atoms with Crippen molar-refractivity contribution in [3.8, 4) is 0 Å². The molecule has 0 saturated heterocycles. The van der Waals surface area contributed by atoms with Crippen LogP contribution in [0.3, 0.4) is 0 Å². The van der Waals surface area contributed by atoms with Gasteiger partial charge in [0.2, 0.25) is 0 Å². The van der Waals surface area contributed by atoms with Crippen LogP contribution in [0.4, 0.5) is 0 Å². The molecule has 2 atom stereocenters. The zero-order valence-corrected chi connectivity index (χ0v) is 10.4. The molecule has 1 aromatic carbocycles. The van der Waals surface area contributed by atoms with Crippen molar-refractivity contribution in [2.75, 3.05) is 0 Å². The quantitative estimate of drug-likeness (QED) is 0.455. The maximum Gasteiger partial charge on any atom is 0.331 e. The monoisotopic (exact) mass is 231 g/mol. The highest BCUT2D eigenvalue weighted by molar-refractivity contribution is 5.71. The Labute approximate surface area is 101 Å². The molecule has 3 nitrogen and oxygen atoms in total. The minimum atomic E-state index is -0.379. The molecule has 0 spiro atoms. The van der Waals surface area contributed by atoms with Gasteiger partial charge >= 0.3 is 5.97 Å². The SMILES string of the molecule is CC(=O)O/N=C/[C@H]1[C@H](c2ccccc2)C1(C)C. The van der Waals surface area contributed by atoms with E-state index in [1.807, 2.05) is 18.2 Å². The molecule has 2 rings (SSSR count). The molecule has 1 aromatic rings. The molecule has 1 aliphatic carbocycles. The standard InChI is InChI=1S/C14H17NO2/c1-10(16)17-15-9-12-13(14(12,2)3)11-7-5-4-6-8-11/h4-9,12-13H,1-3H3/b15-9+/t12-,13-/m0/s1. The molecule has 1 saturated carbocycles. The smallest absolute Gasteiger partial charge is 0.319 e.